The van der Waals surface area contributed by atoms with Gasteiger partial charge < -0.3 is 15.1 Å². The molecule has 23 heavy (non-hydrogen) atoms. The number of nitrogens with zero attached hydrogens (tertiary/aromatic N) is 1. The molecule has 0 aliphatic carbocycles. The van der Waals surface area contributed by atoms with E-state index < -0.39 is 0 Å². The summed E-state index contributed by atoms with van der Waals surface area (Å²) in [5.41, 5.74) is 1.36. The SMILES string of the molecule is C[C@H](Cc1ccco1)NC(=O)c1ccc(N2CCNC2=O)cc1. The third-order valence-corrected chi connectivity index (χ3v) is 3.76. The lowest BCUT2D eigenvalue weighted by Crippen LogP contribution is -2.34. The summed E-state index contributed by atoms with van der Waals surface area (Å²) in [6.45, 7) is 3.22. The van der Waals surface area contributed by atoms with Crippen LogP contribution in [0.3, 0.4) is 0 Å². The molecule has 0 spiro atoms. The first-order chi connectivity index (χ1) is 11.1. The Hall–Kier alpha value is -2.76. The maximum atomic E-state index is 12.2. The Labute approximate surface area is 134 Å². The number of anilines is 1. The molecule has 6 heteroatoms. The molecule has 1 atom stereocenters. The zero-order valence-electron chi connectivity index (χ0n) is 12.9. The van der Waals surface area contributed by atoms with Crippen molar-refractivity contribution in [1.82, 2.24) is 10.6 Å². The van der Waals surface area contributed by atoms with Gasteiger partial charge >= 0.3 is 6.03 Å². The predicted molar refractivity (Wildman–Crippen MR) is 86.5 cm³/mol. The lowest BCUT2D eigenvalue weighted by atomic mass is 10.1. The van der Waals surface area contributed by atoms with Gasteiger partial charge in [-0.05, 0) is 43.3 Å². The number of nitrogens with one attached hydrogen (secondary N) is 2. The van der Waals surface area contributed by atoms with Crippen molar-refractivity contribution in [2.75, 3.05) is 18.0 Å². The van der Waals surface area contributed by atoms with Gasteiger partial charge in [-0.25, -0.2) is 4.79 Å². The van der Waals surface area contributed by atoms with E-state index in [0.717, 1.165) is 11.4 Å². The first-order valence-corrected chi connectivity index (χ1v) is 7.62. The number of hydrogen-bond donors (Lipinski definition) is 2. The normalized spacial score (nSPS) is 15.3. The van der Waals surface area contributed by atoms with E-state index in [1.807, 2.05) is 19.1 Å². The molecule has 0 unspecified atom stereocenters. The molecule has 1 aliphatic heterocycles. The summed E-state index contributed by atoms with van der Waals surface area (Å²) in [5, 5.41) is 5.69. The third kappa shape index (κ3) is 3.53. The Bertz CT molecular complexity index is 680. The van der Waals surface area contributed by atoms with E-state index in [1.165, 1.54) is 0 Å². The second-order valence-electron chi connectivity index (χ2n) is 5.59. The summed E-state index contributed by atoms with van der Waals surface area (Å²) in [6.07, 6.45) is 2.27. The van der Waals surface area contributed by atoms with Crippen molar-refractivity contribution in [3.63, 3.8) is 0 Å². The molecule has 120 valence electrons. The van der Waals surface area contributed by atoms with Crippen LogP contribution in [0.2, 0.25) is 0 Å². The van der Waals surface area contributed by atoms with Crippen LogP contribution in [0.4, 0.5) is 10.5 Å². The molecule has 1 saturated heterocycles. The van der Waals surface area contributed by atoms with Crippen LogP contribution in [0.1, 0.15) is 23.0 Å². The maximum absolute atomic E-state index is 12.2. The van der Waals surface area contributed by atoms with Gasteiger partial charge in [0.15, 0.2) is 0 Å². The fraction of sp³-hybridized carbons (Fsp3) is 0.294. The Morgan fingerprint density at radius 2 is 2.13 bits per heavy atom. The fourth-order valence-corrected chi connectivity index (χ4v) is 2.60. The second kappa shape index (κ2) is 6.56. The fourth-order valence-electron chi connectivity index (χ4n) is 2.60. The van der Waals surface area contributed by atoms with E-state index in [9.17, 15) is 9.59 Å². The van der Waals surface area contributed by atoms with Crippen LogP contribution >= 0.6 is 0 Å². The molecular formula is C17H19N3O3. The topological polar surface area (TPSA) is 74.6 Å². The van der Waals surface area contributed by atoms with Gasteiger partial charge in [-0.2, -0.15) is 0 Å². The molecule has 3 amide bonds. The number of carbonyl (C=O) groups excluding carboxylic acids is 2. The van der Waals surface area contributed by atoms with Crippen LogP contribution < -0.4 is 15.5 Å². The van der Waals surface area contributed by atoms with Gasteiger partial charge in [0.1, 0.15) is 5.76 Å². The van der Waals surface area contributed by atoms with Gasteiger partial charge in [-0.3, -0.25) is 9.69 Å². The number of carbonyl (C=O) groups is 2. The highest BCUT2D eigenvalue weighted by molar-refractivity contribution is 5.97. The zero-order chi connectivity index (χ0) is 16.2. The standard InChI is InChI=1S/C17H19N3O3/c1-12(11-15-3-2-10-23-15)19-16(21)13-4-6-14(7-5-13)20-9-8-18-17(20)22/h2-7,10,12H,8-9,11H2,1H3,(H,18,22)(H,19,21)/t12-/m1/s1. The average molecular weight is 313 g/mol. The van der Waals surface area contributed by atoms with Gasteiger partial charge in [-0.15, -0.1) is 0 Å². The van der Waals surface area contributed by atoms with E-state index >= 15 is 0 Å². The van der Waals surface area contributed by atoms with Crippen LogP contribution in [-0.2, 0) is 6.42 Å². The summed E-state index contributed by atoms with van der Waals surface area (Å²) >= 11 is 0. The van der Waals surface area contributed by atoms with Crippen LogP contribution in [0.5, 0.6) is 0 Å². The number of urea groups is 1. The third-order valence-electron chi connectivity index (χ3n) is 3.76. The van der Waals surface area contributed by atoms with Gasteiger partial charge in [0.05, 0.1) is 6.26 Å². The molecule has 2 aromatic rings. The molecule has 1 fully saturated rings. The van der Waals surface area contributed by atoms with Crippen molar-refractivity contribution in [2.24, 2.45) is 0 Å². The number of amides is 3. The van der Waals surface area contributed by atoms with Crippen molar-refractivity contribution in [3.8, 4) is 0 Å². The molecule has 0 bridgehead atoms. The lowest BCUT2D eigenvalue weighted by Gasteiger charge is -2.15. The molecule has 0 saturated carbocycles. The average Bonchev–Trinajstić information content (AvgIpc) is 3.19. The summed E-state index contributed by atoms with van der Waals surface area (Å²) < 4.78 is 5.28. The quantitative estimate of drug-likeness (QED) is 0.888. The smallest absolute Gasteiger partial charge is 0.321 e. The van der Waals surface area contributed by atoms with E-state index in [2.05, 4.69) is 10.6 Å². The van der Waals surface area contributed by atoms with Gasteiger partial charge in [0, 0.05) is 36.8 Å². The van der Waals surface area contributed by atoms with Crippen molar-refractivity contribution < 1.29 is 14.0 Å². The summed E-state index contributed by atoms with van der Waals surface area (Å²) in [4.78, 5) is 25.5. The minimum absolute atomic E-state index is 0.0299. The van der Waals surface area contributed by atoms with Crippen molar-refractivity contribution in [2.45, 2.75) is 19.4 Å². The molecule has 1 aromatic heterocycles. The Morgan fingerprint density at radius 1 is 1.35 bits per heavy atom. The largest absolute Gasteiger partial charge is 0.469 e. The minimum atomic E-state index is -0.138. The van der Waals surface area contributed by atoms with Crippen LogP contribution in [0.25, 0.3) is 0 Å². The summed E-state index contributed by atoms with van der Waals surface area (Å²) in [7, 11) is 0. The van der Waals surface area contributed by atoms with Crippen molar-refractivity contribution in [1.29, 1.82) is 0 Å². The summed E-state index contributed by atoms with van der Waals surface area (Å²) in [5.74, 6) is 0.703. The molecule has 2 heterocycles. The minimum Gasteiger partial charge on any atom is -0.469 e. The highest BCUT2D eigenvalue weighted by Gasteiger charge is 2.21. The number of furan rings is 1. The van der Waals surface area contributed by atoms with E-state index in [4.69, 9.17) is 4.42 Å². The Morgan fingerprint density at radius 3 is 2.74 bits per heavy atom. The first-order valence-electron chi connectivity index (χ1n) is 7.62. The molecule has 6 nitrogen and oxygen atoms in total. The van der Waals surface area contributed by atoms with Crippen molar-refractivity contribution >= 4 is 17.6 Å². The monoisotopic (exact) mass is 313 g/mol. The van der Waals surface area contributed by atoms with E-state index in [1.54, 1.807) is 35.4 Å². The first kappa shape index (κ1) is 15.1. The maximum Gasteiger partial charge on any atom is 0.321 e. The highest BCUT2D eigenvalue weighted by Crippen LogP contribution is 2.17. The van der Waals surface area contributed by atoms with Crippen molar-refractivity contribution in [3.05, 3.63) is 54.0 Å². The molecule has 2 N–H and O–H groups in total. The number of rotatable bonds is 5. The van der Waals surface area contributed by atoms with Gasteiger partial charge in [0.25, 0.3) is 5.91 Å². The lowest BCUT2D eigenvalue weighted by molar-refractivity contribution is 0.0939. The number of benzene rings is 1. The zero-order valence-corrected chi connectivity index (χ0v) is 12.9. The molecule has 0 radical (unpaired) electrons. The Balaban J connectivity index is 1.60. The van der Waals surface area contributed by atoms with Gasteiger partial charge in [0.2, 0.25) is 0 Å². The predicted octanol–water partition coefficient (Wildman–Crippen LogP) is 2.17. The van der Waals surface area contributed by atoms with Crippen LogP contribution in [0, 0.1) is 0 Å². The van der Waals surface area contributed by atoms with E-state index in [0.29, 0.717) is 25.1 Å². The van der Waals surface area contributed by atoms with Crippen LogP contribution in [-0.4, -0.2) is 31.1 Å². The molecule has 3 rings (SSSR count). The second-order valence-corrected chi connectivity index (χ2v) is 5.59. The molecule has 1 aliphatic rings. The highest BCUT2D eigenvalue weighted by atomic mass is 16.3. The number of hydrogen-bond acceptors (Lipinski definition) is 3. The van der Waals surface area contributed by atoms with E-state index in [-0.39, 0.29) is 18.0 Å². The molecular weight excluding hydrogens is 294 g/mol. The molecule has 1 aromatic carbocycles. The Kier molecular flexibility index (Phi) is 4.32. The van der Waals surface area contributed by atoms with Crippen LogP contribution in [0.15, 0.2) is 47.1 Å². The van der Waals surface area contributed by atoms with Gasteiger partial charge in [-0.1, -0.05) is 0 Å². The summed E-state index contributed by atoms with van der Waals surface area (Å²) in [6, 6.07) is 10.6.